The van der Waals surface area contributed by atoms with Crippen molar-refractivity contribution in [2.75, 3.05) is 19.6 Å². The van der Waals surface area contributed by atoms with Gasteiger partial charge < -0.3 is 14.8 Å². The van der Waals surface area contributed by atoms with Crippen molar-refractivity contribution in [2.24, 2.45) is 5.92 Å². The number of amides is 1. The standard InChI is InChI=1S/C27H28FN5O4S/c1-18-26(24(37-32-18)11-10-19-6-2-3-7-21(19)28)38(35,36)33-16-13-20(14-17-33)27(34)29-15-12-25-30-22-8-4-5-9-23(22)31-25/h2-11,20H,12-17H2,1H3,(H,29,34)(H,30,31). The summed E-state index contributed by atoms with van der Waals surface area (Å²) in [7, 11) is -3.92. The normalized spacial score (nSPS) is 15.4. The molecule has 5 rings (SSSR count). The summed E-state index contributed by atoms with van der Waals surface area (Å²) in [5, 5.41) is 6.78. The summed E-state index contributed by atoms with van der Waals surface area (Å²) in [6, 6.07) is 13.9. The van der Waals surface area contributed by atoms with Gasteiger partial charge in [0.25, 0.3) is 0 Å². The van der Waals surface area contributed by atoms with Crippen LogP contribution in [0.3, 0.4) is 0 Å². The van der Waals surface area contributed by atoms with Crippen molar-refractivity contribution >= 4 is 39.1 Å². The Hall–Kier alpha value is -3.83. The maximum atomic E-state index is 14.0. The topological polar surface area (TPSA) is 121 Å². The Balaban J connectivity index is 1.18. The molecule has 0 bridgehead atoms. The number of imidazole rings is 1. The van der Waals surface area contributed by atoms with Crippen LogP contribution < -0.4 is 5.32 Å². The summed E-state index contributed by atoms with van der Waals surface area (Å²) >= 11 is 0. The van der Waals surface area contributed by atoms with Crippen LogP contribution in [0.4, 0.5) is 4.39 Å². The zero-order valence-corrected chi connectivity index (χ0v) is 21.7. The van der Waals surface area contributed by atoms with Crippen LogP contribution in [0.5, 0.6) is 0 Å². The van der Waals surface area contributed by atoms with Crippen LogP contribution in [-0.2, 0) is 21.2 Å². The molecular formula is C27H28FN5O4S. The van der Waals surface area contributed by atoms with Gasteiger partial charge in [0.2, 0.25) is 15.9 Å². The van der Waals surface area contributed by atoms with Crippen LogP contribution in [0.15, 0.2) is 57.9 Å². The van der Waals surface area contributed by atoms with Crippen molar-refractivity contribution in [3.63, 3.8) is 0 Å². The molecule has 2 N–H and O–H groups in total. The maximum absolute atomic E-state index is 14.0. The highest BCUT2D eigenvalue weighted by Gasteiger charge is 2.35. The first-order valence-corrected chi connectivity index (χ1v) is 13.9. The van der Waals surface area contributed by atoms with Crippen molar-refractivity contribution in [3.05, 3.63) is 77.2 Å². The molecule has 0 saturated carbocycles. The molecule has 0 radical (unpaired) electrons. The van der Waals surface area contributed by atoms with Gasteiger partial charge in [-0.2, -0.15) is 4.31 Å². The van der Waals surface area contributed by atoms with Crippen molar-refractivity contribution in [2.45, 2.75) is 31.1 Å². The number of para-hydroxylation sites is 2. The number of hydrogen-bond acceptors (Lipinski definition) is 6. The van der Waals surface area contributed by atoms with Gasteiger partial charge in [0.1, 0.15) is 17.3 Å². The number of hydrogen-bond donors (Lipinski definition) is 2. The van der Waals surface area contributed by atoms with Crippen LogP contribution in [0.1, 0.15) is 35.7 Å². The van der Waals surface area contributed by atoms with Gasteiger partial charge >= 0.3 is 0 Å². The molecular weight excluding hydrogens is 509 g/mol. The molecule has 198 valence electrons. The molecule has 1 aliphatic rings. The van der Waals surface area contributed by atoms with E-state index in [2.05, 4.69) is 20.4 Å². The first-order chi connectivity index (χ1) is 18.3. The second-order valence-electron chi connectivity index (χ2n) is 9.24. The predicted molar refractivity (Wildman–Crippen MR) is 141 cm³/mol. The van der Waals surface area contributed by atoms with Crippen molar-refractivity contribution < 1.29 is 22.1 Å². The van der Waals surface area contributed by atoms with Gasteiger partial charge in [-0.15, -0.1) is 0 Å². The van der Waals surface area contributed by atoms with Gasteiger partial charge in [-0.1, -0.05) is 35.5 Å². The Kier molecular flexibility index (Phi) is 7.39. The molecule has 1 aliphatic heterocycles. The van der Waals surface area contributed by atoms with E-state index in [1.165, 1.54) is 22.5 Å². The summed E-state index contributed by atoms with van der Waals surface area (Å²) in [5.41, 5.74) is 2.37. The zero-order chi connectivity index (χ0) is 26.7. The molecule has 2 aromatic heterocycles. The van der Waals surface area contributed by atoms with Gasteiger partial charge in [-0.05, 0) is 50.1 Å². The summed E-state index contributed by atoms with van der Waals surface area (Å²) < 4.78 is 47.5. The second kappa shape index (κ2) is 10.9. The third kappa shape index (κ3) is 5.39. The van der Waals surface area contributed by atoms with Gasteiger partial charge in [0.15, 0.2) is 10.7 Å². The first kappa shape index (κ1) is 25.8. The quantitative estimate of drug-likeness (QED) is 0.351. The molecule has 38 heavy (non-hydrogen) atoms. The van der Waals surface area contributed by atoms with E-state index in [0.29, 0.717) is 31.4 Å². The Bertz CT molecular complexity index is 1550. The number of carbonyl (C=O) groups is 1. The Morgan fingerprint density at radius 1 is 1.16 bits per heavy atom. The van der Waals surface area contributed by atoms with E-state index >= 15 is 0 Å². The number of sulfonamides is 1. The minimum Gasteiger partial charge on any atom is -0.355 e. The average Bonchev–Trinajstić information content (AvgIpc) is 3.51. The van der Waals surface area contributed by atoms with Gasteiger partial charge in [0.05, 0.1) is 11.0 Å². The van der Waals surface area contributed by atoms with Crippen molar-refractivity contribution in [1.82, 2.24) is 24.7 Å². The minimum absolute atomic E-state index is 0.0382. The number of rotatable bonds is 8. The number of nitrogens with zero attached hydrogens (tertiary/aromatic N) is 3. The molecule has 3 heterocycles. The van der Waals surface area contributed by atoms with E-state index in [1.54, 1.807) is 25.1 Å². The number of aromatic nitrogens is 3. The lowest BCUT2D eigenvalue weighted by atomic mass is 9.97. The first-order valence-electron chi connectivity index (χ1n) is 12.4. The largest absolute Gasteiger partial charge is 0.355 e. The fourth-order valence-corrected chi connectivity index (χ4v) is 6.35. The number of benzene rings is 2. The van der Waals surface area contributed by atoms with Crippen LogP contribution in [0.25, 0.3) is 23.2 Å². The lowest BCUT2D eigenvalue weighted by molar-refractivity contribution is -0.126. The summed E-state index contributed by atoms with van der Waals surface area (Å²) in [6.45, 7) is 2.39. The lowest BCUT2D eigenvalue weighted by Gasteiger charge is -2.30. The molecule has 0 unspecified atom stereocenters. The van der Waals surface area contributed by atoms with E-state index in [1.807, 2.05) is 24.3 Å². The van der Waals surface area contributed by atoms with E-state index in [0.717, 1.165) is 16.9 Å². The third-order valence-corrected chi connectivity index (χ3v) is 8.73. The molecule has 0 atom stereocenters. The van der Waals surface area contributed by atoms with E-state index in [9.17, 15) is 17.6 Å². The molecule has 1 fully saturated rings. The number of nitrogens with one attached hydrogen (secondary N) is 2. The van der Waals surface area contributed by atoms with Crippen LogP contribution in [0.2, 0.25) is 0 Å². The summed E-state index contributed by atoms with van der Waals surface area (Å²) in [4.78, 5) is 20.4. The predicted octanol–water partition coefficient (Wildman–Crippen LogP) is 3.93. The highest BCUT2D eigenvalue weighted by molar-refractivity contribution is 7.89. The fourth-order valence-electron chi connectivity index (χ4n) is 4.63. The maximum Gasteiger partial charge on any atom is 0.248 e. The molecule has 0 aliphatic carbocycles. The minimum atomic E-state index is -3.92. The summed E-state index contributed by atoms with van der Waals surface area (Å²) in [6.07, 6.45) is 4.24. The Labute approximate surface area is 219 Å². The van der Waals surface area contributed by atoms with Crippen LogP contribution in [0, 0.1) is 18.7 Å². The molecule has 0 spiro atoms. The monoisotopic (exact) mass is 537 g/mol. The number of carbonyl (C=O) groups excluding carboxylic acids is 1. The molecule has 1 saturated heterocycles. The number of fused-ring (bicyclic) bond motifs is 1. The SMILES string of the molecule is Cc1noc(C=Cc2ccccc2F)c1S(=O)(=O)N1CCC(C(=O)NCCc2nc3ccccc3[nH]2)CC1. The fraction of sp³-hybridized carbons (Fsp3) is 0.296. The lowest BCUT2D eigenvalue weighted by Crippen LogP contribution is -2.43. The number of H-pyrrole nitrogens is 1. The molecule has 2 aromatic carbocycles. The third-order valence-electron chi connectivity index (χ3n) is 6.67. The number of halogens is 1. The molecule has 9 nitrogen and oxygen atoms in total. The zero-order valence-electron chi connectivity index (χ0n) is 20.9. The van der Waals surface area contributed by atoms with E-state index < -0.39 is 15.8 Å². The van der Waals surface area contributed by atoms with Gasteiger partial charge in [-0.3, -0.25) is 4.79 Å². The summed E-state index contributed by atoms with van der Waals surface area (Å²) in [5.74, 6) is 0.0452. The second-order valence-corrected chi connectivity index (χ2v) is 11.1. The number of piperidine rings is 1. The number of aromatic amines is 1. The van der Waals surface area contributed by atoms with Crippen molar-refractivity contribution in [1.29, 1.82) is 0 Å². The molecule has 4 aromatic rings. The average molecular weight is 538 g/mol. The Morgan fingerprint density at radius 3 is 2.66 bits per heavy atom. The molecule has 1 amide bonds. The Morgan fingerprint density at radius 2 is 1.89 bits per heavy atom. The highest BCUT2D eigenvalue weighted by Crippen LogP contribution is 2.29. The van der Waals surface area contributed by atoms with Crippen LogP contribution >= 0.6 is 0 Å². The van der Waals surface area contributed by atoms with Crippen molar-refractivity contribution in [3.8, 4) is 0 Å². The van der Waals surface area contributed by atoms with Crippen LogP contribution in [-0.4, -0.2) is 53.4 Å². The number of aryl methyl sites for hydroxylation is 1. The molecule has 11 heteroatoms. The van der Waals surface area contributed by atoms with Gasteiger partial charge in [-0.25, -0.2) is 17.8 Å². The van der Waals surface area contributed by atoms with E-state index in [-0.39, 0.29) is 41.3 Å². The van der Waals surface area contributed by atoms with E-state index in [4.69, 9.17) is 4.52 Å². The smallest absolute Gasteiger partial charge is 0.248 e. The highest BCUT2D eigenvalue weighted by atomic mass is 32.2. The van der Waals surface area contributed by atoms with Gasteiger partial charge in [0, 0.05) is 37.5 Å².